The Labute approximate surface area is 127 Å². The summed E-state index contributed by atoms with van der Waals surface area (Å²) in [6.45, 7) is 7.56. The van der Waals surface area contributed by atoms with E-state index in [2.05, 4.69) is 40.9 Å². The quantitative estimate of drug-likeness (QED) is 0.642. The van der Waals surface area contributed by atoms with Gasteiger partial charge in [-0.15, -0.1) is 0 Å². The Bertz CT molecular complexity index is 564. The molecule has 102 valence electrons. The first-order valence-electron chi connectivity index (χ1n) is 6.43. The number of hydrogen-bond donors (Lipinski definition) is 1. The first kappa shape index (κ1) is 14.5. The fourth-order valence-electron chi connectivity index (χ4n) is 2.71. The summed E-state index contributed by atoms with van der Waals surface area (Å²) in [5.74, 6) is -0.854. The highest BCUT2D eigenvalue weighted by molar-refractivity contribution is 14.1. The number of ketones is 1. The van der Waals surface area contributed by atoms with Gasteiger partial charge in [0.15, 0.2) is 5.78 Å². The van der Waals surface area contributed by atoms with Crippen molar-refractivity contribution in [2.75, 3.05) is 0 Å². The standard InChI is InChI=1S/C15H18INO2/c1-5-9-7-10(16)6-8(2)11(9)12-13(18)15(3,4)17-14(12)19/h6-7,12H,5H2,1-4H3,(H,17,19). The van der Waals surface area contributed by atoms with Crippen molar-refractivity contribution >= 4 is 34.3 Å². The molecule has 0 spiro atoms. The number of hydrogen-bond acceptors (Lipinski definition) is 2. The van der Waals surface area contributed by atoms with Gasteiger partial charge in [-0.3, -0.25) is 9.59 Å². The fourth-order valence-corrected chi connectivity index (χ4v) is 3.56. The molecule has 1 aliphatic heterocycles. The molecule has 2 rings (SSSR count). The second-order valence-electron chi connectivity index (χ2n) is 5.56. The van der Waals surface area contributed by atoms with Gasteiger partial charge in [-0.1, -0.05) is 6.92 Å². The van der Waals surface area contributed by atoms with Gasteiger partial charge in [-0.05, 0) is 78.6 Å². The average Bonchev–Trinajstić information content (AvgIpc) is 2.49. The summed E-state index contributed by atoms with van der Waals surface area (Å²) in [4.78, 5) is 24.6. The lowest BCUT2D eigenvalue weighted by Gasteiger charge is -2.18. The minimum absolute atomic E-state index is 0.0310. The number of carbonyl (C=O) groups excluding carboxylic acids is 2. The van der Waals surface area contributed by atoms with Gasteiger partial charge in [0.05, 0.1) is 5.54 Å². The molecule has 1 aromatic carbocycles. The number of rotatable bonds is 2. The second-order valence-corrected chi connectivity index (χ2v) is 6.81. The summed E-state index contributed by atoms with van der Waals surface area (Å²) in [6.07, 6.45) is 0.824. The van der Waals surface area contributed by atoms with Crippen molar-refractivity contribution < 1.29 is 9.59 Å². The Morgan fingerprint density at radius 1 is 1.32 bits per heavy atom. The first-order chi connectivity index (χ1) is 8.77. The highest BCUT2D eigenvalue weighted by atomic mass is 127. The van der Waals surface area contributed by atoms with Gasteiger partial charge < -0.3 is 5.32 Å². The zero-order valence-corrected chi connectivity index (χ0v) is 13.8. The molecule has 1 atom stereocenters. The molecule has 19 heavy (non-hydrogen) atoms. The van der Waals surface area contributed by atoms with E-state index in [0.29, 0.717) is 0 Å². The van der Waals surface area contributed by atoms with Crippen molar-refractivity contribution in [3.8, 4) is 0 Å². The maximum atomic E-state index is 12.5. The third-order valence-electron chi connectivity index (χ3n) is 3.68. The Kier molecular flexibility index (Phi) is 3.73. The van der Waals surface area contributed by atoms with Crippen molar-refractivity contribution in [1.29, 1.82) is 0 Å². The summed E-state index contributed by atoms with van der Waals surface area (Å²) < 4.78 is 1.14. The lowest BCUT2D eigenvalue weighted by atomic mass is 9.84. The van der Waals surface area contributed by atoms with Crippen LogP contribution in [-0.2, 0) is 16.0 Å². The summed E-state index contributed by atoms with van der Waals surface area (Å²) in [5, 5.41) is 2.79. The van der Waals surface area contributed by atoms with Gasteiger partial charge in [-0.25, -0.2) is 0 Å². The molecule has 0 radical (unpaired) electrons. The van der Waals surface area contributed by atoms with Gasteiger partial charge in [0.25, 0.3) is 0 Å². The number of carbonyl (C=O) groups is 2. The molecule has 1 N–H and O–H groups in total. The minimum Gasteiger partial charge on any atom is -0.343 e. The molecular formula is C15H18INO2. The van der Waals surface area contributed by atoms with E-state index in [4.69, 9.17) is 0 Å². The average molecular weight is 371 g/mol. The van der Waals surface area contributed by atoms with Crippen LogP contribution < -0.4 is 5.32 Å². The highest BCUT2D eigenvalue weighted by Gasteiger charge is 2.48. The van der Waals surface area contributed by atoms with Crippen molar-refractivity contribution in [2.45, 2.75) is 45.6 Å². The molecule has 0 aromatic heterocycles. The first-order valence-corrected chi connectivity index (χ1v) is 7.51. The normalized spacial score (nSPS) is 21.6. The van der Waals surface area contributed by atoms with E-state index in [1.165, 1.54) is 0 Å². The Hall–Kier alpha value is -0.910. The van der Waals surface area contributed by atoms with Crippen LogP contribution in [0.15, 0.2) is 12.1 Å². The predicted molar refractivity (Wildman–Crippen MR) is 83.2 cm³/mol. The largest absolute Gasteiger partial charge is 0.343 e. The molecule has 1 aromatic rings. The molecule has 3 nitrogen and oxygen atoms in total. The molecular weight excluding hydrogens is 353 g/mol. The fraction of sp³-hybridized carbons (Fsp3) is 0.467. The molecule has 0 bridgehead atoms. The van der Waals surface area contributed by atoms with E-state index >= 15 is 0 Å². The van der Waals surface area contributed by atoms with E-state index in [0.717, 1.165) is 26.7 Å². The highest BCUT2D eigenvalue weighted by Crippen LogP contribution is 2.34. The van der Waals surface area contributed by atoms with E-state index in [-0.39, 0.29) is 11.7 Å². The number of amides is 1. The van der Waals surface area contributed by atoms with Crippen LogP contribution in [0.25, 0.3) is 0 Å². The summed E-state index contributed by atoms with van der Waals surface area (Å²) in [5.41, 5.74) is 2.25. The number of aryl methyl sites for hydroxylation is 2. The van der Waals surface area contributed by atoms with Gasteiger partial charge in [0.2, 0.25) is 5.91 Å². The van der Waals surface area contributed by atoms with E-state index in [1.54, 1.807) is 13.8 Å². The van der Waals surface area contributed by atoms with Crippen LogP contribution in [-0.4, -0.2) is 17.2 Å². The maximum absolute atomic E-state index is 12.5. The van der Waals surface area contributed by atoms with Crippen molar-refractivity contribution in [3.05, 3.63) is 32.4 Å². The van der Waals surface area contributed by atoms with Crippen LogP contribution in [0.5, 0.6) is 0 Å². The zero-order chi connectivity index (χ0) is 14.4. The van der Waals surface area contributed by atoms with Crippen molar-refractivity contribution in [2.24, 2.45) is 0 Å². The lowest BCUT2D eigenvalue weighted by molar-refractivity contribution is -0.125. The van der Waals surface area contributed by atoms with E-state index < -0.39 is 11.5 Å². The van der Waals surface area contributed by atoms with Crippen LogP contribution in [0.4, 0.5) is 0 Å². The third kappa shape index (κ3) is 2.42. The Morgan fingerprint density at radius 3 is 2.42 bits per heavy atom. The monoisotopic (exact) mass is 371 g/mol. The smallest absolute Gasteiger partial charge is 0.235 e. The van der Waals surface area contributed by atoms with Gasteiger partial charge >= 0.3 is 0 Å². The zero-order valence-electron chi connectivity index (χ0n) is 11.6. The number of nitrogens with one attached hydrogen (secondary N) is 1. The topological polar surface area (TPSA) is 46.2 Å². The second kappa shape index (κ2) is 4.89. The summed E-state index contributed by atoms with van der Waals surface area (Å²) >= 11 is 2.27. The van der Waals surface area contributed by atoms with Crippen LogP contribution >= 0.6 is 22.6 Å². The molecule has 1 heterocycles. The van der Waals surface area contributed by atoms with Gasteiger partial charge in [-0.2, -0.15) is 0 Å². The number of halogens is 1. The van der Waals surface area contributed by atoms with Crippen LogP contribution in [0.2, 0.25) is 0 Å². The molecule has 1 fully saturated rings. The van der Waals surface area contributed by atoms with E-state index in [1.807, 2.05) is 13.0 Å². The van der Waals surface area contributed by atoms with E-state index in [9.17, 15) is 9.59 Å². The Morgan fingerprint density at radius 2 is 1.95 bits per heavy atom. The summed E-state index contributed by atoms with van der Waals surface area (Å²) in [6, 6.07) is 4.09. The van der Waals surface area contributed by atoms with Crippen molar-refractivity contribution in [3.63, 3.8) is 0 Å². The number of Topliss-reactive ketones (excluding diaryl/α,β-unsaturated/α-hetero) is 1. The van der Waals surface area contributed by atoms with Gasteiger partial charge in [0.1, 0.15) is 5.92 Å². The van der Waals surface area contributed by atoms with Gasteiger partial charge in [0, 0.05) is 3.57 Å². The molecule has 1 saturated heterocycles. The minimum atomic E-state index is -0.762. The van der Waals surface area contributed by atoms with Crippen molar-refractivity contribution in [1.82, 2.24) is 5.32 Å². The Balaban J connectivity index is 2.60. The molecule has 1 aliphatic rings. The predicted octanol–water partition coefficient (Wildman–Crippen LogP) is 2.72. The van der Waals surface area contributed by atoms with Crippen LogP contribution in [0.3, 0.4) is 0 Å². The molecule has 1 unspecified atom stereocenters. The summed E-state index contributed by atoms with van der Waals surface area (Å²) in [7, 11) is 0. The molecule has 0 aliphatic carbocycles. The number of benzene rings is 1. The lowest BCUT2D eigenvalue weighted by Crippen LogP contribution is -2.39. The third-order valence-corrected chi connectivity index (χ3v) is 4.31. The molecule has 4 heteroatoms. The molecule has 1 amide bonds. The van der Waals surface area contributed by atoms with Crippen LogP contribution in [0.1, 0.15) is 43.4 Å². The maximum Gasteiger partial charge on any atom is 0.235 e. The molecule has 0 saturated carbocycles. The van der Waals surface area contributed by atoms with Crippen LogP contribution in [0, 0.1) is 10.5 Å². The SMILES string of the molecule is CCc1cc(I)cc(C)c1C1C(=O)NC(C)(C)C1=O.